The molecule has 0 amide bonds. The third kappa shape index (κ3) is 13.7. The van der Waals surface area contributed by atoms with Crippen molar-refractivity contribution in [2.75, 3.05) is 33.4 Å². The SMILES string of the molecule is COc1cc(/C(=C/C(=O)CC(=O)CCC[C@H](CCC2(O)CCCC2)C[C@H]2[C@H]3CCNC[C@H]3C[C@@H]3C=CCN[C@@H]23)CO)c(CC2=CNC(N)C=C2CCc2cccc(CCc3ccccc3)c2)cc1O. The number of aliphatic hydroxyl groups is 2. The number of nitrogens with two attached hydrogens (primary N) is 1. The average molecular weight is 939 g/mol. The molecule has 1 unspecified atom stereocenters. The minimum atomic E-state index is -0.566. The van der Waals surface area contributed by atoms with E-state index in [1.54, 1.807) is 12.1 Å². The van der Waals surface area contributed by atoms with E-state index in [2.05, 4.69) is 76.6 Å². The second-order valence-electron chi connectivity index (χ2n) is 21.0. The van der Waals surface area contributed by atoms with Crippen LogP contribution < -0.4 is 26.4 Å². The number of aliphatic hydroxyl groups excluding tert-OH is 1. The molecule has 3 aromatic rings. The number of aromatic hydroxyl groups is 1. The van der Waals surface area contributed by atoms with E-state index in [1.165, 1.54) is 42.7 Å². The number of nitrogens with one attached hydrogen (secondary N) is 3. The van der Waals surface area contributed by atoms with E-state index in [1.807, 2.05) is 18.3 Å². The van der Waals surface area contributed by atoms with Crippen molar-refractivity contribution < 1.29 is 29.6 Å². The highest BCUT2D eigenvalue weighted by atomic mass is 16.5. The van der Waals surface area contributed by atoms with Gasteiger partial charge in [0.05, 0.1) is 31.9 Å². The van der Waals surface area contributed by atoms with Gasteiger partial charge < -0.3 is 41.7 Å². The van der Waals surface area contributed by atoms with Crippen molar-refractivity contribution in [2.45, 2.75) is 133 Å². The first-order valence-electron chi connectivity index (χ1n) is 26.2. The van der Waals surface area contributed by atoms with E-state index >= 15 is 0 Å². The van der Waals surface area contributed by atoms with Crippen LogP contribution in [0, 0.1) is 29.6 Å². The molecule has 3 heterocycles. The Kier molecular flexibility index (Phi) is 17.8. The summed E-state index contributed by atoms with van der Waals surface area (Å²) in [4.78, 5) is 27.3. The Balaban J connectivity index is 0.907. The van der Waals surface area contributed by atoms with Crippen LogP contribution in [0.25, 0.3) is 5.57 Å². The molecule has 7 atom stereocenters. The van der Waals surface area contributed by atoms with Crippen LogP contribution in [0.3, 0.4) is 0 Å². The molecule has 2 saturated carbocycles. The molecule has 10 heteroatoms. The third-order valence-corrected chi connectivity index (χ3v) is 16.3. The van der Waals surface area contributed by atoms with Crippen LogP contribution in [0.1, 0.15) is 118 Å². The molecule has 3 aliphatic heterocycles. The monoisotopic (exact) mass is 939 g/mol. The largest absolute Gasteiger partial charge is 0.504 e. The molecular weight excluding hydrogens is 861 g/mol. The fourth-order valence-corrected chi connectivity index (χ4v) is 12.6. The highest BCUT2D eigenvalue weighted by Gasteiger charge is 2.45. The number of piperidine rings is 1. The van der Waals surface area contributed by atoms with Crippen molar-refractivity contribution in [1.82, 2.24) is 16.0 Å². The number of dihydropyridines is 1. The first-order chi connectivity index (χ1) is 33.6. The molecular formula is C59H78N4O6. The Morgan fingerprint density at radius 3 is 2.51 bits per heavy atom. The standard InChI is InChI=1S/C59H78N4O6/c1-69-56-36-53(46(33-55(56)67)31-47-38-63-57(60)34-44(47)20-19-42-13-7-12-41(28-42)18-17-40-10-3-2-4-11-40)49(39-64)32-51(66)35-50(65)16-8-14-43(21-25-59(68)23-5-6-24-59)29-54-52-22-27-61-37-48(52)30-45-15-9-26-62-58(45)54/h2-4,7,9-13,15,28,32-34,36,38,43,45,48,52,54,57-58,61-64,67-68H,5-6,8,14,16-27,29-31,35,37,39,60H2,1H3/b49-32+/t43-,45+,48-,52+,54+,57?,58-/m1/s1. The molecule has 8 rings (SSSR count). The van der Waals surface area contributed by atoms with Crippen LogP contribution in [0.2, 0.25) is 0 Å². The van der Waals surface area contributed by atoms with Crippen molar-refractivity contribution in [3.8, 4) is 11.5 Å². The number of Topliss-reactive ketones (excluding diaryl/α,β-unsaturated/α-hetero) is 1. The summed E-state index contributed by atoms with van der Waals surface area (Å²) in [5.41, 5.74) is 13.4. The van der Waals surface area contributed by atoms with Gasteiger partial charge in [0.2, 0.25) is 0 Å². The van der Waals surface area contributed by atoms with Crippen molar-refractivity contribution in [2.24, 2.45) is 35.3 Å². The summed E-state index contributed by atoms with van der Waals surface area (Å²) in [6.07, 6.45) is 24.6. The molecule has 10 nitrogen and oxygen atoms in total. The van der Waals surface area contributed by atoms with Crippen LogP contribution in [0.15, 0.2) is 108 Å². The topological polar surface area (TPSA) is 166 Å². The quantitative estimate of drug-likeness (QED) is 0.0278. The highest BCUT2D eigenvalue weighted by Crippen LogP contribution is 2.47. The van der Waals surface area contributed by atoms with Crippen molar-refractivity contribution in [1.29, 1.82) is 0 Å². The summed E-state index contributed by atoms with van der Waals surface area (Å²) >= 11 is 0. The molecule has 0 spiro atoms. The average Bonchev–Trinajstić information content (AvgIpc) is 3.80. The number of aryl methyl sites for hydroxylation is 3. The molecule has 3 fully saturated rings. The van der Waals surface area contributed by atoms with Gasteiger partial charge in [0, 0.05) is 25.2 Å². The van der Waals surface area contributed by atoms with Gasteiger partial charge in [-0.25, -0.2) is 0 Å². The van der Waals surface area contributed by atoms with E-state index in [0.29, 0.717) is 71.6 Å². The lowest BCUT2D eigenvalue weighted by Gasteiger charge is -2.51. The Morgan fingerprint density at radius 1 is 0.957 bits per heavy atom. The molecule has 5 aliphatic rings. The Labute approximate surface area is 411 Å². The predicted octanol–water partition coefficient (Wildman–Crippen LogP) is 8.62. The second kappa shape index (κ2) is 24.3. The number of ether oxygens (including phenoxy) is 1. The summed E-state index contributed by atoms with van der Waals surface area (Å²) in [6.45, 7) is 2.64. The molecule has 0 radical (unpaired) electrons. The van der Waals surface area contributed by atoms with E-state index in [0.717, 1.165) is 108 Å². The fourth-order valence-electron chi connectivity index (χ4n) is 12.6. The molecule has 8 N–H and O–H groups in total. The number of carbonyl (C=O) groups excluding carboxylic acids is 2. The van der Waals surface area contributed by atoms with Crippen LogP contribution >= 0.6 is 0 Å². The third-order valence-electron chi connectivity index (χ3n) is 16.3. The molecule has 3 aromatic carbocycles. The number of fused-ring (bicyclic) bond motifs is 2. The maximum Gasteiger partial charge on any atom is 0.163 e. The summed E-state index contributed by atoms with van der Waals surface area (Å²) in [5, 5.41) is 44.0. The number of ketones is 2. The number of methoxy groups -OCH3 is 1. The lowest BCUT2D eigenvalue weighted by molar-refractivity contribution is -0.124. The van der Waals surface area contributed by atoms with Gasteiger partial charge in [-0.1, -0.05) is 86.0 Å². The Morgan fingerprint density at radius 2 is 1.72 bits per heavy atom. The summed E-state index contributed by atoms with van der Waals surface area (Å²) in [5.74, 6) is 2.59. The summed E-state index contributed by atoms with van der Waals surface area (Å²) in [7, 11) is 1.47. The lowest BCUT2D eigenvalue weighted by atomic mass is 9.59. The van der Waals surface area contributed by atoms with Crippen LogP contribution in [0.5, 0.6) is 11.5 Å². The van der Waals surface area contributed by atoms with Crippen LogP contribution in [-0.2, 0) is 35.3 Å². The number of hydrogen-bond acceptors (Lipinski definition) is 10. The number of phenolic OH excluding ortho intramolecular Hbond substituents is 1. The van der Waals surface area contributed by atoms with Crippen molar-refractivity contribution in [3.63, 3.8) is 0 Å². The summed E-state index contributed by atoms with van der Waals surface area (Å²) in [6, 6.07) is 23.1. The second-order valence-corrected chi connectivity index (χ2v) is 21.0. The smallest absolute Gasteiger partial charge is 0.163 e. The number of rotatable bonds is 23. The number of hydrogen-bond donors (Lipinski definition) is 7. The molecule has 0 bridgehead atoms. The molecule has 1 saturated heterocycles. The zero-order valence-electron chi connectivity index (χ0n) is 41.0. The van der Waals surface area contributed by atoms with Gasteiger partial charge in [-0.15, -0.1) is 0 Å². The van der Waals surface area contributed by atoms with Gasteiger partial charge in [-0.3, -0.25) is 9.59 Å². The minimum absolute atomic E-state index is 0.0459. The van der Waals surface area contributed by atoms with Gasteiger partial charge in [-0.2, -0.15) is 0 Å². The maximum atomic E-state index is 13.7. The fraction of sp³-hybridized carbons (Fsp3) is 0.525. The van der Waals surface area contributed by atoms with Gasteiger partial charge >= 0.3 is 0 Å². The van der Waals surface area contributed by atoms with E-state index < -0.39 is 12.2 Å². The number of carbonyl (C=O) groups is 2. The highest BCUT2D eigenvalue weighted by molar-refractivity contribution is 6.07. The zero-order valence-corrected chi connectivity index (χ0v) is 41.0. The van der Waals surface area contributed by atoms with E-state index in [9.17, 15) is 24.9 Å². The molecule has 0 aromatic heterocycles. The normalized spacial score (nSPS) is 24.6. The first kappa shape index (κ1) is 50.5. The van der Waals surface area contributed by atoms with Crippen molar-refractivity contribution >= 4 is 17.1 Å². The number of phenols is 1. The Bertz CT molecular complexity index is 2330. The molecule has 370 valence electrons. The zero-order chi connectivity index (χ0) is 48.2. The number of allylic oxidation sites excluding steroid dienone is 3. The maximum absolute atomic E-state index is 13.7. The predicted molar refractivity (Wildman–Crippen MR) is 276 cm³/mol. The van der Waals surface area contributed by atoms with Gasteiger partial charge in [-0.05, 0) is 195 Å². The van der Waals surface area contributed by atoms with E-state index in [-0.39, 0.29) is 35.7 Å². The summed E-state index contributed by atoms with van der Waals surface area (Å²) < 4.78 is 5.51. The van der Waals surface area contributed by atoms with Crippen molar-refractivity contribution in [3.05, 3.63) is 136 Å². The van der Waals surface area contributed by atoms with Crippen LogP contribution in [-0.4, -0.2) is 78.0 Å². The lowest BCUT2D eigenvalue weighted by Crippen LogP contribution is -2.56. The molecule has 2 aliphatic carbocycles. The van der Waals surface area contributed by atoms with Crippen LogP contribution in [0.4, 0.5) is 0 Å². The number of benzene rings is 3. The van der Waals surface area contributed by atoms with Gasteiger partial charge in [0.15, 0.2) is 17.3 Å². The first-order valence-corrected chi connectivity index (χ1v) is 26.2. The van der Waals surface area contributed by atoms with Gasteiger partial charge in [0.25, 0.3) is 0 Å². The molecule has 69 heavy (non-hydrogen) atoms. The Hall–Kier alpha value is -4.84. The van der Waals surface area contributed by atoms with E-state index in [4.69, 9.17) is 10.5 Å². The van der Waals surface area contributed by atoms with Gasteiger partial charge in [0.1, 0.15) is 5.78 Å². The minimum Gasteiger partial charge on any atom is -0.504 e.